The highest BCUT2D eigenvalue weighted by molar-refractivity contribution is 7.98. The van der Waals surface area contributed by atoms with Crippen LogP contribution in [0.25, 0.3) is 5.65 Å². The predicted molar refractivity (Wildman–Crippen MR) is 90.8 cm³/mol. The molecule has 0 atom stereocenters. The van der Waals surface area contributed by atoms with Crippen LogP contribution in [0.15, 0.2) is 46.2 Å². The minimum atomic E-state index is -0.252. The molecule has 1 amide bonds. The van der Waals surface area contributed by atoms with Gasteiger partial charge < -0.3 is 5.32 Å². The molecule has 0 unspecified atom stereocenters. The number of rotatable bonds is 4. The van der Waals surface area contributed by atoms with Crippen LogP contribution in [0, 0.1) is 11.3 Å². The van der Waals surface area contributed by atoms with Crippen molar-refractivity contribution in [2.45, 2.75) is 17.6 Å². The molecule has 2 heterocycles. The topological polar surface area (TPSA) is 103 Å². The van der Waals surface area contributed by atoms with Crippen molar-refractivity contribution in [3.8, 4) is 6.07 Å². The summed E-state index contributed by atoms with van der Waals surface area (Å²) in [6, 6.07) is 10.9. The van der Waals surface area contributed by atoms with Gasteiger partial charge in [0.2, 0.25) is 5.91 Å². The Bertz CT molecular complexity index is 998. The predicted octanol–water partition coefficient (Wildman–Crippen LogP) is 2.14. The molecule has 2 N–H and O–H groups in total. The summed E-state index contributed by atoms with van der Waals surface area (Å²) in [6.07, 6.45) is 1.46. The van der Waals surface area contributed by atoms with E-state index in [4.69, 9.17) is 5.26 Å². The maximum Gasteiger partial charge on any atom is 0.272 e. The number of thioether (sulfide) groups is 1. The van der Waals surface area contributed by atoms with Gasteiger partial charge >= 0.3 is 0 Å². The molecule has 0 bridgehead atoms. The van der Waals surface area contributed by atoms with Crippen LogP contribution in [0.2, 0.25) is 0 Å². The fourth-order valence-electron chi connectivity index (χ4n) is 2.18. The van der Waals surface area contributed by atoms with Crippen LogP contribution in [0.4, 0.5) is 5.69 Å². The Balaban J connectivity index is 1.77. The average Bonchev–Trinajstić information content (AvgIpc) is 2.97. The minimum absolute atomic E-state index is 0.117. The van der Waals surface area contributed by atoms with E-state index in [1.165, 1.54) is 35.5 Å². The zero-order chi connectivity index (χ0) is 17.1. The van der Waals surface area contributed by atoms with Crippen molar-refractivity contribution >= 4 is 29.0 Å². The zero-order valence-corrected chi connectivity index (χ0v) is 13.6. The first kappa shape index (κ1) is 15.8. The van der Waals surface area contributed by atoms with Crippen molar-refractivity contribution in [1.29, 1.82) is 5.26 Å². The largest absolute Gasteiger partial charge is 0.326 e. The van der Waals surface area contributed by atoms with Crippen molar-refractivity contribution < 1.29 is 4.79 Å². The maximum atomic E-state index is 12.0. The number of fused-ring (bicyclic) bond motifs is 1. The number of aromatic amines is 1. The number of anilines is 1. The molecule has 3 rings (SSSR count). The first-order valence-corrected chi connectivity index (χ1v) is 8.06. The standard InChI is InChI=1S/C16H13N5O2S/c1-10(22)19-12-2-4-14(5-3-12)24-9-13-6-15(23)21-16(20-13)11(7-17)8-18-21/h2-6,8,18H,9H2,1H3,(H,19,22). The maximum absolute atomic E-state index is 12.0. The second kappa shape index (κ2) is 6.60. The smallest absolute Gasteiger partial charge is 0.272 e. The van der Waals surface area contributed by atoms with Gasteiger partial charge in [-0.1, -0.05) is 0 Å². The van der Waals surface area contributed by atoms with Crippen LogP contribution in [0.3, 0.4) is 0 Å². The molecule has 0 aliphatic heterocycles. The fraction of sp³-hybridized carbons (Fsp3) is 0.125. The number of nitrogens with zero attached hydrogens (tertiary/aromatic N) is 3. The number of nitrogens with one attached hydrogen (secondary N) is 2. The molecule has 0 fully saturated rings. The second-order valence-electron chi connectivity index (χ2n) is 5.04. The van der Waals surface area contributed by atoms with Crippen molar-refractivity contribution in [3.05, 3.63) is 58.1 Å². The molecule has 8 heteroatoms. The van der Waals surface area contributed by atoms with Gasteiger partial charge in [-0.05, 0) is 24.3 Å². The van der Waals surface area contributed by atoms with E-state index in [1.54, 1.807) is 0 Å². The fourth-order valence-corrected chi connectivity index (χ4v) is 2.97. The molecule has 0 aliphatic carbocycles. The molecule has 7 nitrogen and oxygen atoms in total. The summed E-state index contributed by atoms with van der Waals surface area (Å²) in [6.45, 7) is 1.46. The Labute approximate surface area is 141 Å². The lowest BCUT2D eigenvalue weighted by Crippen LogP contribution is -2.15. The van der Waals surface area contributed by atoms with E-state index in [0.717, 1.165) is 10.6 Å². The number of carbonyl (C=O) groups is 1. The van der Waals surface area contributed by atoms with Crippen LogP contribution in [-0.2, 0) is 10.5 Å². The highest BCUT2D eigenvalue weighted by Gasteiger charge is 2.09. The van der Waals surface area contributed by atoms with Gasteiger partial charge in [-0.15, -0.1) is 11.8 Å². The van der Waals surface area contributed by atoms with Crippen molar-refractivity contribution in [1.82, 2.24) is 14.6 Å². The lowest BCUT2D eigenvalue weighted by Gasteiger charge is -2.05. The molecule has 120 valence electrons. The van der Waals surface area contributed by atoms with Crippen LogP contribution in [0.5, 0.6) is 0 Å². The first-order valence-electron chi connectivity index (χ1n) is 7.07. The Hall–Kier alpha value is -3.05. The Morgan fingerprint density at radius 1 is 1.42 bits per heavy atom. The van der Waals surface area contributed by atoms with E-state index >= 15 is 0 Å². The SMILES string of the molecule is CC(=O)Nc1ccc(SCc2cc(=O)n3[nH]cc(C#N)c3n2)cc1. The van der Waals surface area contributed by atoms with Gasteiger partial charge in [-0.3, -0.25) is 14.7 Å². The third-order valence-corrected chi connectivity index (χ3v) is 4.28. The van der Waals surface area contributed by atoms with Gasteiger partial charge in [0.1, 0.15) is 11.6 Å². The molecule has 1 aromatic carbocycles. The lowest BCUT2D eigenvalue weighted by molar-refractivity contribution is -0.114. The minimum Gasteiger partial charge on any atom is -0.326 e. The van der Waals surface area contributed by atoms with Gasteiger partial charge in [0.25, 0.3) is 5.56 Å². The number of nitriles is 1. The number of hydrogen-bond acceptors (Lipinski definition) is 5. The van der Waals surface area contributed by atoms with Gasteiger partial charge in [0.05, 0.1) is 5.69 Å². The Morgan fingerprint density at radius 3 is 2.83 bits per heavy atom. The zero-order valence-electron chi connectivity index (χ0n) is 12.7. The van der Waals surface area contributed by atoms with Gasteiger partial charge in [0.15, 0.2) is 5.65 Å². The average molecular weight is 339 g/mol. The van der Waals surface area contributed by atoms with Gasteiger partial charge in [-0.2, -0.15) is 5.26 Å². The van der Waals surface area contributed by atoms with E-state index in [2.05, 4.69) is 15.4 Å². The van der Waals surface area contributed by atoms with Crippen molar-refractivity contribution in [3.63, 3.8) is 0 Å². The molecule has 0 saturated carbocycles. The molecular formula is C16H13N5O2S. The molecule has 24 heavy (non-hydrogen) atoms. The number of carbonyl (C=O) groups excluding carboxylic acids is 1. The third-order valence-electron chi connectivity index (χ3n) is 3.23. The summed E-state index contributed by atoms with van der Waals surface area (Å²) < 4.78 is 1.24. The Morgan fingerprint density at radius 2 is 2.17 bits per heavy atom. The number of H-pyrrole nitrogens is 1. The van der Waals surface area contributed by atoms with Crippen LogP contribution >= 0.6 is 11.8 Å². The number of amides is 1. The molecule has 3 aromatic rings. The van der Waals surface area contributed by atoms with Crippen molar-refractivity contribution in [2.24, 2.45) is 0 Å². The lowest BCUT2D eigenvalue weighted by atomic mass is 10.3. The van der Waals surface area contributed by atoms with Crippen LogP contribution < -0.4 is 10.9 Å². The summed E-state index contributed by atoms with van der Waals surface area (Å²) in [7, 11) is 0. The van der Waals surface area contributed by atoms with E-state index in [9.17, 15) is 9.59 Å². The van der Waals surface area contributed by atoms with E-state index < -0.39 is 0 Å². The summed E-state index contributed by atoms with van der Waals surface area (Å²) in [5.74, 6) is 0.384. The molecule has 0 radical (unpaired) electrons. The van der Waals surface area contributed by atoms with E-state index in [0.29, 0.717) is 22.7 Å². The number of hydrogen-bond donors (Lipinski definition) is 2. The number of aromatic nitrogens is 3. The highest BCUT2D eigenvalue weighted by atomic mass is 32.2. The molecule has 0 saturated heterocycles. The van der Waals surface area contributed by atoms with Crippen molar-refractivity contribution in [2.75, 3.05) is 5.32 Å². The highest BCUT2D eigenvalue weighted by Crippen LogP contribution is 2.23. The molecule has 2 aromatic heterocycles. The first-order chi connectivity index (χ1) is 11.6. The quantitative estimate of drug-likeness (QED) is 0.709. The summed E-state index contributed by atoms with van der Waals surface area (Å²) >= 11 is 1.52. The summed E-state index contributed by atoms with van der Waals surface area (Å²) in [5.41, 5.74) is 1.75. The van der Waals surface area contributed by atoms with Gasteiger partial charge in [0, 0.05) is 35.5 Å². The second-order valence-corrected chi connectivity index (χ2v) is 6.09. The summed E-state index contributed by atoms with van der Waals surface area (Å²) in [5, 5.41) is 14.5. The van der Waals surface area contributed by atoms with Crippen LogP contribution in [-0.4, -0.2) is 20.5 Å². The van der Waals surface area contributed by atoms with Gasteiger partial charge in [-0.25, -0.2) is 9.50 Å². The number of benzene rings is 1. The Kier molecular flexibility index (Phi) is 4.35. The summed E-state index contributed by atoms with van der Waals surface area (Å²) in [4.78, 5) is 28.4. The third kappa shape index (κ3) is 3.31. The molecular weight excluding hydrogens is 326 g/mol. The molecule has 0 spiro atoms. The monoisotopic (exact) mass is 339 g/mol. The van der Waals surface area contributed by atoms with E-state index in [1.807, 2.05) is 30.3 Å². The normalized spacial score (nSPS) is 10.5. The van der Waals surface area contributed by atoms with Crippen LogP contribution in [0.1, 0.15) is 18.2 Å². The van der Waals surface area contributed by atoms with E-state index in [-0.39, 0.29) is 11.5 Å². The molecule has 0 aliphatic rings.